The van der Waals surface area contributed by atoms with Crippen molar-refractivity contribution in [1.82, 2.24) is 15.4 Å². The van der Waals surface area contributed by atoms with E-state index in [0.717, 1.165) is 35.3 Å². The fourth-order valence-corrected chi connectivity index (χ4v) is 4.25. The molecule has 4 rings (SSSR count). The minimum absolute atomic E-state index is 0.00320. The van der Waals surface area contributed by atoms with Crippen LogP contribution in [-0.4, -0.2) is 59.0 Å². The fraction of sp³-hybridized carbons (Fsp3) is 0.385. The van der Waals surface area contributed by atoms with Crippen LogP contribution in [0.1, 0.15) is 48.3 Å². The van der Waals surface area contributed by atoms with Gasteiger partial charge in [-0.05, 0) is 47.2 Å². The molecule has 1 saturated heterocycles. The number of benzene rings is 2. The number of phenolic OH excluding ortho intramolecular Hbond substituents is 2. The van der Waals surface area contributed by atoms with Crippen LogP contribution in [0.3, 0.4) is 0 Å². The number of rotatable bonds is 7. The molecule has 2 heterocycles. The van der Waals surface area contributed by atoms with Crippen LogP contribution in [-0.2, 0) is 11.3 Å². The Morgan fingerprint density at radius 1 is 1.09 bits per heavy atom. The third-order valence-corrected chi connectivity index (χ3v) is 6.10. The quantitative estimate of drug-likeness (QED) is 0.482. The number of aromatic hydroxyl groups is 2. The van der Waals surface area contributed by atoms with Crippen LogP contribution in [0, 0.1) is 0 Å². The average molecular weight is 466 g/mol. The van der Waals surface area contributed by atoms with Crippen molar-refractivity contribution in [1.29, 1.82) is 0 Å². The topological polar surface area (TPSA) is 108 Å². The van der Waals surface area contributed by atoms with Gasteiger partial charge >= 0.3 is 0 Å². The number of nitrogens with zero attached hydrogens (tertiary/aromatic N) is 2. The molecule has 2 aromatic carbocycles. The van der Waals surface area contributed by atoms with E-state index in [9.17, 15) is 15.0 Å². The van der Waals surface area contributed by atoms with Crippen LogP contribution in [0.4, 0.5) is 0 Å². The first kappa shape index (κ1) is 23.8. The first-order valence-corrected chi connectivity index (χ1v) is 11.6. The van der Waals surface area contributed by atoms with Crippen molar-refractivity contribution >= 4 is 5.91 Å². The van der Waals surface area contributed by atoms with E-state index in [2.05, 4.69) is 15.4 Å². The van der Waals surface area contributed by atoms with Crippen molar-refractivity contribution < 1.29 is 24.3 Å². The number of phenols is 2. The molecule has 8 nitrogen and oxygen atoms in total. The molecule has 0 saturated carbocycles. The Morgan fingerprint density at radius 3 is 2.56 bits per heavy atom. The molecule has 180 valence electrons. The molecule has 0 aliphatic carbocycles. The zero-order valence-electron chi connectivity index (χ0n) is 19.8. The minimum Gasteiger partial charge on any atom is -0.508 e. The SMILES string of the molecule is CCNC(=O)c1nocc1-c1ccc(CN2CCOCC2)c(-c2cc(C(C)C)c(O)cc2O)c1. The highest BCUT2D eigenvalue weighted by Gasteiger charge is 2.22. The van der Waals surface area contributed by atoms with E-state index in [-0.39, 0.29) is 29.0 Å². The van der Waals surface area contributed by atoms with Gasteiger partial charge in [0.05, 0.1) is 18.8 Å². The zero-order chi connectivity index (χ0) is 24.2. The number of aromatic nitrogens is 1. The Labute approximate surface area is 199 Å². The molecular formula is C26H31N3O5. The van der Waals surface area contributed by atoms with E-state index in [0.29, 0.717) is 37.4 Å². The fourth-order valence-electron chi connectivity index (χ4n) is 4.25. The molecule has 1 fully saturated rings. The number of morpholine rings is 1. The first-order valence-electron chi connectivity index (χ1n) is 11.6. The summed E-state index contributed by atoms with van der Waals surface area (Å²) in [5.74, 6) is -0.163. The van der Waals surface area contributed by atoms with Gasteiger partial charge in [-0.15, -0.1) is 0 Å². The summed E-state index contributed by atoms with van der Waals surface area (Å²) in [6.07, 6.45) is 1.46. The van der Waals surface area contributed by atoms with Crippen molar-refractivity contribution in [2.45, 2.75) is 33.2 Å². The summed E-state index contributed by atoms with van der Waals surface area (Å²) in [5.41, 5.74) is 4.77. The molecule has 8 heteroatoms. The normalized spacial score (nSPS) is 14.5. The molecule has 1 aliphatic heterocycles. The van der Waals surface area contributed by atoms with Gasteiger partial charge in [0.1, 0.15) is 17.8 Å². The zero-order valence-corrected chi connectivity index (χ0v) is 19.8. The molecule has 0 spiro atoms. The Kier molecular flexibility index (Phi) is 7.19. The van der Waals surface area contributed by atoms with Gasteiger partial charge in [0.15, 0.2) is 5.69 Å². The van der Waals surface area contributed by atoms with Gasteiger partial charge in [0.2, 0.25) is 0 Å². The lowest BCUT2D eigenvalue weighted by Crippen LogP contribution is -2.35. The van der Waals surface area contributed by atoms with Crippen LogP contribution in [0.25, 0.3) is 22.3 Å². The van der Waals surface area contributed by atoms with Crippen molar-refractivity contribution in [3.8, 4) is 33.8 Å². The molecule has 1 amide bonds. The number of amides is 1. The average Bonchev–Trinajstić information content (AvgIpc) is 3.30. The van der Waals surface area contributed by atoms with E-state index in [1.165, 1.54) is 12.3 Å². The smallest absolute Gasteiger partial charge is 0.274 e. The molecule has 0 unspecified atom stereocenters. The maximum absolute atomic E-state index is 12.5. The minimum atomic E-state index is -0.306. The second-order valence-electron chi connectivity index (χ2n) is 8.78. The monoisotopic (exact) mass is 465 g/mol. The van der Waals surface area contributed by atoms with Crippen LogP contribution in [0.15, 0.2) is 41.1 Å². The number of ether oxygens (including phenoxy) is 1. The molecule has 0 atom stereocenters. The first-order chi connectivity index (χ1) is 16.4. The Balaban J connectivity index is 1.84. The summed E-state index contributed by atoms with van der Waals surface area (Å²) in [6.45, 7) is 10.0. The van der Waals surface area contributed by atoms with E-state index in [1.54, 1.807) is 0 Å². The van der Waals surface area contributed by atoms with Gasteiger partial charge in [-0.1, -0.05) is 31.1 Å². The van der Waals surface area contributed by atoms with Crippen LogP contribution in [0.2, 0.25) is 0 Å². The highest BCUT2D eigenvalue weighted by atomic mass is 16.5. The van der Waals surface area contributed by atoms with Crippen molar-refractivity contribution in [2.24, 2.45) is 0 Å². The van der Waals surface area contributed by atoms with Gasteiger partial charge in [-0.2, -0.15) is 0 Å². The van der Waals surface area contributed by atoms with Crippen molar-refractivity contribution in [3.05, 3.63) is 53.4 Å². The highest BCUT2D eigenvalue weighted by Crippen LogP contribution is 2.41. The van der Waals surface area contributed by atoms with Gasteiger partial charge < -0.3 is 24.8 Å². The second kappa shape index (κ2) is 10.3. The molecule has 0 bridgehead atoms. The van der Waals surface area contributed by atoms with Gasteiger partial charge in [-0.3, -0.25) is 9.69 Å². The Hall–Kier alpha value is -3.36. The summed E-state index contributed by atoms with van der Waals surface area (Å²) < 4.78 is 10.6. The number of hydrogen-bond donors (Lipinski definition) is 3. The molecule has 3 N–H and O–H groups in total. The van der Waals surface area contributed by atoms with Crippen LogP contribution in [0.5, 0.6) is 11.5 Å². The predicted octanol–water partition coefficient (Wildman–Crippen LogP) is 4.13. The predicted molar refractivity (Wildman–Crippen MR) is 129 cm³/mol. The molecule has 1 aliphatic rings. The number of carbonyl (C=O) groups is 1. The van der Waals surface area contributed by atoms with Gasteiger partial charge in [-0.25, -0.2) is 0 Å². The van der Waals surface area contributed by atoms with Gasteiger partial charge in [0.25, 0.3) is 5.91 Å². The molecular weight excluding hydrogens is 434 g/mol. The number of hydrogen-bond acceptors (Lipinski definition) is 7. The van der Waals surface area contributed by atoms with E-state index < -0.39 is 0 Å². The second-order valence-corrected chi connectivity index (χ2v) is 8.78. The molecule has 1 aromatic heterocycles. The largest absolute Gasteiger partial charge is 0.508 e. The van der Waals surface area contributed by atoms with E-state index in [4.69, 9.17) is 9.26 Å². The number of nitrogens with one attached hydrogen (secondary N) is 1. The lowest BCUT2D eigenvalue weighted by Gasteiger charge is -2.28. The number of carbonyl (C=O) groups excluding carboxylic acids is 1. The maximum Gasteiger partial charge on any atom is 0.274 e. The maximum atomic E-state index is 12.5. The Morgan fingerprint density at radius 2 is 1.85 bits per heavy atom. The summed E-state index contributed by atoms with van der Waals surface area (Å²) in [4.78, 5) is 14.8. The summed E-state index contributed by atoms with van der Waals surface area (Å²) in [7, 11) is 0. The molecule has 3 aromatic rings. The third kappa shape index (κ3) is 4.93. The third-order valence-electron chi connectivity index (χ3n) is 6.10. The van der Waals surface area contributed by atoms with Crippen LogP contribution >= 0.6 is 0 Å². The van der Waals surface area contributed by atoms with Crippen molar-refractivity contribution in [3.63, 3.8) is 0 Å². The van der Waals surface area contributed by atoms with E-state index in [1.807, 2.05) is 45.0 Å². The molecule has 34 heavy (non-hydrogen) atoms. The van der Waals surface area contributed by atoms with E-state index >= 15 is 0 Å². The summed E-state index contributed by atoms with van der Waals surface area (Å²) >= 11 is 0. The molecule has 0 radical (unpaired) electrons. The van der Waals surface area contributed by atoms with Crippen molar-refractivity contribution in [2.75, 3.05) is 32.8 Å². The Bertz CT molecular complexity index is 1170. The lowest BCUT2D eigenvalue weighted by molar-refractivity contribution is 0.0342. The highest BCUT2D eigenvalue weighted by molar-refractivity contribution is 5.99. The standard InChI is InChI=1S/C26H31N3O5/c1-4-27-26(32)25-22(15-34-28-25)17-5-6-18(14-29-7-9-33-10-8-29)20(11-17)21-12-19(16(2)3)23(30)13-24(21)31/h5-6,11-13,15-16,30-31H,4,7-10,14H2,1-3H3,(H,27,32). The summed E-state index contributed by atoms with van der Waals surface area (Å²) in [6, 6.07) is 9.14. The summed E-state index contributed by atoms with van der Waals surface area (Å²) in [5, 5.41) is 27.9. The lowest BCUT2D eigenvalue weighted by atomic mass is 9.90. The van der Waals surface area contributed by atoms with Gasteiger partial charge in [0, 0.05) is 37.8 Å². The van der Waals surface area contributed by atoms with Crippen LogP contribution < -0.4 is 5.32 Å².